The number of hydrogen-bond donors (Lipinski definition) is 0. The maximum absolute atomic E-state index is 5.93. The Bertz CT molecular complexity index is 2330. The molecular formula is C37H23N3O. The third-order valence-electron chi connectivity index (χ3n) is 8.42. The summed E-state index contributed by atoms with van der Waals surface area (Å²) in [5.74, 6) is 1.59. The molecule has 0 amide bonds. The van der Waals surface area contributed by atoms with Crippen LogP contribution < -0.4 is 4.74 Å². The molecule has 6 aromatic carbocycles. The van der Waals surface area contributed by atoms with E-state index in [1.165, 1.54) is 38.2 Å². The number of rotatable bonds is 4. The highest BCUT2D eigenvalue weighted by atomic mass is 16.5. The van der Waals surface area contributed by atoms with Crippen LogP contribution in [0.1, 0.15) is 0 Å². The van der Waals surface area contributed by atoms with Crippen LogP contribution in [-0.4, -0.2) is 21.6 Å². The van der Waals surface area contributed by atoms with E-state index in [2.05, 4.69) is 95.6 Å². The van der Waals surface area contributed by atoms with Gasteiger partial charge in [-0.3, -0.25) is 0 Å². The van der Waals surface area contributed by atoms with Crippen LogP contribution in [0, 0.1) is 0 Å². The van der Waals surface area contributed by atoms with Crippen molar-refractivity contribution < 1.29 is 4.74 Å². The first-order valence-corrected chi connectivity index (χ1v) is 13.8. The second kappa shape index (κ2) is 8.26. The zero-order valence-corrected chi connectivity index (χ0v) is 22.3. The lowest BCUT2D eigenvalue weighted by atomic mass is 10.0. The number of hydrogen-bond acceptors (Lipinski definition) is 3. The van der Waals surface area contributed by atoms with Crippen LogP contribution in [0.2, 0.25) is 0 Å². The molecule has 0 saturated heterocycles. The molecule has 192 valence electrons. The standard InChI is InChI=1S/C37H23N3O/c1-41-31-21-19-27-26-12-7-10-22-16-20-30-34(32(22)26)33(27)36(31)40(30)25-17-14-24(15-18-25)37-38-29-13-6-5-11-28(29)35(39-37)23-8-3-2-4-9-23/h2-21H,1H3. The largest absolute Gasteiger partial charge is 0.495 e. The van der Waals surface area contributed by atoms with Crippen LogP contribution in [0.3, 0.4) is 0 Å². The van der Waals surface area contributed by atoms with E-state index in [0.29, 0.717) is 5.82 Å². The predicted molar refractivity (Wildman–Crippen MR) is 168 cm³/mol. The van der Waals surface area contributed by atoms with Gasteiger partial charge in [0.05, 0.1) is 29.4 Å². The van der Waals surface area contributed by atoms with Crippen molar-refractivity contribution in [2.75, 3.05) is 7.11 Å². The second-order valence-corrected chi connectivity index (χ2v) is 10.6. The number of ether oxygens (including phenoxy) is 1. The molecule has 0 radical (unpaired) electrons. The first-order valence-electron chi connectivity index (χ1n) is 13.8. The lowest BCUT2D eigenvalue weighted by molar-refractivity contribution is 0.418. The third kappa shape index (κ3) is 3.04. The molecule has 0 aliphatic heterocycles. The number of benzene rings is 6. The van der Waals surface area contributed by atoms with Crippen molar-refractivity contribution in [1.29, 1.82) is 0 Å². The summed E-state index contributed by atoms with van der Waals surface area (Å²) in [6.45, 7) is 0. The monoisotopic (exact) mass is 525 g/mol. The fraction of sp³-hybridized carbons (Fsp3) is 0.0270. The van der Waals surface area contributed by atoms with Gasteiger partial charge in [-0.15, -0.1) is 0 Å². The molecule has 0 atom stereocenters. The highest BCUT2D eigenvalue weighted by molar-refractivity contribution is 6.34. The summed E-state index contributed by atoms with van der Waals surface area (Å²) in [4.78, 5) is 10.0. The third-order valence-corrected chi connectivity index (χ3v) is 8.42. The van der Waals surface area contributed by atoms with Gasteiger partial charge < -0.3 is 9.30 Å². The Morgan fingerprint density at radius 1 is 0.585 bits per heavy atom. The van der Waals surface area contributed by atoms with Crippen molar-refractivity contribution in [2.24, 2.45) is 0 Å². The van der Waals surface area contributed by atoms with E-state index in [1.54, 1.807) is 7.11 Å². The Labute approximate surface area is 236 Å². The van der Waals surface area contributed by atoms with E-state index in [1.807, 2.05) is 30.3 Å². The van der Waals surface area contributed by atoms with Gasteiger partial charge >= 0.3 is 0 Å². The van der Waals surface area contributed by atoms with Crippen LogP contribution in [0.15, 0.2) is 121 Å². The van der Waals surface area contributed by atoms with Crippen molar-refractivity contribution in [1.82, 2.24) is 14.5 Å². The fourth-order valence-corrected chi connectivity index (χ4v) is 6.64. The van der Waals surface area contributed by atoms with E-state index in [4.69, 9.17) is 14.7 Å². The topological polar surface area (TPSA) is 39.9 Å². The van der Waals surface area contributed by atoms with E-state index in [9.17, 15) is 0 Å². The average Bonchev–Trinajstić information content (AvgIpc) is 3.57. The Balaban J connectivity index is 1.25. The molecule has 0 fully saturated rings. The zero-order valence-electron chi connectivity index (χ0n) is 22.3. The highest BCUT2D eigenvalue weighted by Crippen LogP contribution is 2.51. The van der Waals surface area contributed by atoms with E-state index in [0.717, 1.165) is 44.7 Å². The fourth-order valence-electron chi connectivity index (χ4n) is 6.64. The summed E-state index contributed by atoms with van der Waals surface area (Å²) in [6.07, 6.45) is 0. The minimum Gasteiger partial charge on any atom is -0.495 e. The Hall–Kier alpha value is -5.48. The van der Waals surface area contributed by atoms with Gasteiger partial charge in [-0.2, -0.15) is 0 Å². The number of methoxy groups -OCH3 is 1. The van der Waals surface area contributed by atoms with Crippen LogP contribution in [-0.2, 0) is 0 Å². The van der Waals surface area contributed by atoms with Gasteiger partial charge in [-0.1, -0.05) is 72.8 Å². The predicted octanol–water partition coefficient (Wildman–Crippen LogP) is 9.20. The van der Waals surface area contributed by atoms with E-state index >= 15 is 0 Å². The van der Waals surface area contributed by atoms with Crippen LogP contribution >= 0.6 is 0 Å². The number of aromatic nitrogens is 3. The van der Waals surface area contributed by atoms with Gasteiger partial charge in [0.2, 0.25) is 0 Å². The minimum atomic E-state index is 0.716. The van der Waals surface area contributed by atoms with Crippen molar-refractivity contribution in [2.45, 2.75) is 0 Å². The Morgan fingerprint density at radius 2 is 1.39 bits per heavy atom. The molecule has 1 aliphatic carbocycles. The molecule has 4 heteroatoms. The van der Waals surface area contributed by atoms with E-state index < -0.39 is 0 Å². The van der Waals surface area contributed by atoms with Crippen molar-refractivity contribution in [3.63, 3.8) is 0 Å². The van der Waals surface area contributed by atoms with Crippen molar-refractivity contribution in [3.8, 4) is 45.2 Å². The van der Waals surface area contributed by atoms with Gasteiger partial charge in [0.1, 0.15) is 5.75 Å². The molecule has 0 saturated carbocycles. The second-order valence-electron chi connectivity index (χ2n) is 10.6. The summed E-state index contributed by atoms with van der Waals surface area (Å²) in [5.41, 5.74) is 9.87. The number of para-hydroxylation sites is 1. The molecule has 0 bridgehead atoms. The van der Waals surface area contributed by atoms with Crippen molar-refractivity contribution >= 4 is 43.5 Å². The van der Waals surface area contributed by atoms with Crippen LogP contribution in [0.25, 0.3) is 82.9 Å². The van der Waals surface area contributed by atoms with Gasteiger partial charge in [-0.05, 0) is 70.4 Å². The molecule has 0 unspecified atom stereocenters. The molecule has 2 heterocycles. The SMILES string of the molecule is COc1ccc2c3c4c5c-2cccc5ccc4n(-c2ccc(-c4nc(-c5ccccc5)c5ccccc5n4)cc2)c13. The molecule has 4 nitrogen and oxygen atoms in total. The summed E-state index contributed by atoms with van der Waals surface area (Å²) >= 11 is 0. The molecule has 9 rings (SSSR count). The summed E-state index contributed by atoms with van der Waals surface area (Å²) in [7, 11) is 1.75. The average molecular weight is 526 g/mol. The molecule has 41 heavy (non-hydrogen) atoms. The lowest BCUT2D eigenvalue weighted by Crippen LogP contribution is -1.98. The Kier molecular flexibility index (Phi) is 4.50. The maximum atomic E-state index is 5.93. The molecule has 0 N–H and O–H groups in total. The summed E-state index contributed by atoms with van der Waals surface area (Å²) in [5, 5.41) is 6.21. The normalized spacial score (nSPS) is 12.0. The van der Waals surface area contributed by atoms with Crippen LogP contribution in [0.5, 0.6) is 5.75 Å². The van der Waals surface area contributed by atoms with Gasteiger partial charge in [0.15, 0.2) is 5.82 Å². The van der Waals surface area contributed by atoms with E-state index in [-0.39, 0.29) is 0 Å². The zero-order chi connectivity index (χ0) is 27.1. The van der Waals surface area contributed by atoms with Crippen LogP contribution in [0.4, 0.5) is 0 Å². The molecule has 0 spiro atoms. The summed E-state index contributed by atoms with van der Waals surface area (Å²) in [6, 6.07) is 42.5. The molecule has 1 aliphatic rings. The smallest absolute Gasteiger partial charge is 0.160 e. The molecule has 8 aromatic rings. The molecular weight excluding hydrogens is 502 g/mol. The van der Waals surface area contributed by atoms with Gasteiger partial charge in [0.25, 0.3) is 0 Å². The highest BCUT2D eigenvalue weighted by Gasteiger charge is 2.27. The quantitative estimate of drug-likeness (QED) is 0.230. The first-order chi connectivity index (χ1) is 20.3. The van der Waals surface area contributed by atoms with Crippen molar-refractivity contribution in [3.05, 3.63) is 121 Å². The molecule has 2 aromatic heterocycles. The lowest BCUT2D eigenvalue weighted by Gasteiger charge is -2.14. The minimum absolute atomic E-state index is 0.716. The van der Waals surface area contributed by atoms with Gasteiger partial charge in [-0.25, -0.2) is 9.97 Å². The van der Waals surface area contributed by atoms with Gasteiger partial charge in [0, 0.05) is 33.0 Å². The maximum Gasteiger partial charge on any atom is 0.160 e. The Morgan fingerprint density at radius 3 is 2.24 bits per heavy atom. The number of fused-ring (bicyclic) bond motifs is 2. The first kappa shape index (κ1) is 22.3. The summed E-state index contributed by atoms with van der Waals surface area (Å²) < 4.78 is 8.26. The number of nitrogens with zero attached hydrogens (tertiary/aromatic N) is 3.